The lowest BCUT2D eigenvalue weighted by Gasteiger charge is -2.47. The summed E-state index contributed by atoms with van der Waals surface area (Å²) in [6, 6.07) is 12.4. The summed E-state index contributed by atoms with van der Waals surface area (Å²) in [6.45, 7) is 2.40. The molecule has 0 spiro atoms. The Hall–Kier alpha value is -3.27. The number of benzene rings is 2. The Morgan fingerprint density at radius 1 is 0.654 bits per heavy atom. The lowest BCUT2D eigenvalue weighted by Crippen LogP contribution is -2.65. The van der Waals surface area contributed by atoms with Gasteiger partial charge in [-0.05, 0) is 61.7 Å². The van der Waals surface area contributed by atoms with E-state index in [1.807, 2.05) is 0 Å². The van der Waals surface area contributed by atoms with Gasteiger partial charge in [-0.2, -0.15) is 0 Å². The van der Waals surface area contributed by atoms with Crippen LogP contribution in [0.4, 0.5) is 0 Å². The highest BCUT2D eigenvalue weighted by molar-refractivity contribution is 5.87. The number of rotatable bonds is 12. The van der Waals surface area contributed by atoms with Crippen molar-refractivity contribution in [3.63, 3.8) is 0 Å². The molecule has 17 nitrogen and oxygen atoms in total. The van der Waals surface area contributed by atoms with Gasteiger partial charge in [-0.15, -0.1) is 0 Å². The van der Waals surface area contributed by atoms with Crippen LogP contribution in [-0.4, -0.2) is 157 Å². The van der Waals surface area contributed by atoms with E-state index in [0.717, 1.165) is 11.6 Å². The van der Waals surface area contributed by atoms with E-state index in [9.17, 15) is 50.8 Å². The van der Waals surface area contributed by atoms with Crippen molar-refractivity contribution in [3.05, 3.63) is 65.7 Å². The lowest BCUT2D eigenvalue weighted by atomic mass is 9.96. The van der Waals surface area contributed by atoms with Gasteiger partial charge in [-0.25, -0.2) is 4.79 Å². The second kappa shape index (κ2) is 17.7. The van der Waals surface area contributed by atoms with Gasteiger partial charge in [0.25, 0.3) is 0 Å². The Morgan fingerprint density at radius 3 is 1.88 bits per heavy atom. The van der Waals surface area contributed by atoms with Crippen LogP contribution >= 0.6 is 0 Å². The quantitative estimate of drug-likeness (QED) is 0.0879. The smallest absolute Gasteiger partial charge is 0.330 e. The summed E-state index contributed by atoms with van der Waals surface area (Å²) in [7, 11) is 0. The molecule has 3 aliphatic rings. The molecule has 288 valence electrons. The van der Waals surface area contributed by atoms with Gasteiger partial charge in [0.05, 0.1) is 18.8 Å². The molecule has 17 heteroatoms. The molecule has 3 heterocycles. The van der Waals surface area contributed by atoms with E-state index in [-0.39, 0.29) is 18.1 Å². The maximum Gasteiger partial charge on any atom is 0.330 e. The van der Waals surface area contributed by atoms with E-state index >= 15 is 0 Å². The number of aliphatic hydroxyl groups excluding tert-OH is 7. The van der Waals surface area contributed by atoms with Crippen molar-refractivity contribution in [1.29, 1.82) is 0 Å². The van der Waals surface area contributed by atoms with E-state index in [1.165, 1.54) is 44.2 Å². The number of hydrogen-bond acceptors (Lipinski definition) is 17. The Labute approximate surface area is 298 Å². The first-order valence-corrected chi connectivity index (χ1v) is 16.8. The Balaban J connectivity index is 1.25. The second-order valence-electron chi connectivity index (χ2n) is 12.9. The number of phenolic OH excluding ortho intramolecular Hbond substituents is 2. The molecular formula is C35H46O17. The standard InChI is InChI=1S/C35H46O17/c1-16-24(39)26(41)28(43)34(48-16)51-31-17(2)49-35(29(44)27(31)42)52-32-25(40)22(15-47-23(38)12-7-18-3-8-20(36)9-4-18)50-33(30(32)45)46-14-13-19-5-10-21(37)11-6-19/h3-12,16-17,22,24-37,39-45H,13-15H2,1-2H3/b12-7+/t16-,17-,22+,24-,25+,26+,27-,28+,29+,30+,31-,32-,33+,34-,35-/m1/s1. The van der Waals surface area contributed by atoms with Gasteiger partial charge in [0.1, 0.15) is 79.1 Å². The lowest BCUT2D eigenvalue weighted by molar-refractivity contribution is -0.375. The van der Waals surface area contributed by atoms with Gasteiger partial charge in [-0.3, -0.25) is 0 Å². The molecule has 0 radical (unpaired) electrons. The van der Waals surface area contributed by atoms with E-state index in [0.29, 0.717) is 12.0 Å². The highest BCUT2D eigenvalue weighted by Gasteiger charge is 2.53. The van der Waals surface area contributed by atoms with Crippen LogP contribution in [0.15, 0.2) is 54.6 Å². The third-order valence-corrected chi connectivity index (χ3v) is 9.11. The summed E-state index contributed by atoms with van der Waals surface area (Å²) in [6.07, 6.45) is -19.5. The highest BCUT2D eigenvalue weighted by Crippen LogP contribution is 2.33. The van der Waals surface area contributed by atoms with Crippen molar-refractivity contribution >= 4 is 12.0 Å². The first-order chi connectivity index (χ1) is 24.7. The summed E-state index contributed by atoms with van der Waals surface area (Å²) in [4.78, 5) is 12.5. The minimum atomic E-state index is -1.84. The maximum atomic E-state index is 12.5. The number of aliphatic hydroxyl groups is 7. The molecule has 52 heavy (non-hydrogen) atoms. The maximum absolute atomic E-state index is 12.5. The molecule has 0 unspecified atom stereocenters. The van der Waals surface area contributed by atoms with E-state index in [1.54, 1.807) is 24.3 Å². The Bertz CT molecular complexity index is 1460. The topological polar surface area (TPSA) is 264 Å². The van der Waals surface area contributed by atoms with Crippen LogP contribution in [0.2, 0.25) is 0 Å². The SMILES string of the molecule is C[C@H]1O[C@H](O[C@H]2[C@H](O)[C@H](O)[C@@H](O[C@H]3[C@H](O)[C@@H](OCCc4ccc(O)cc4)O[C@@H](COC(=O)/C=C/c4ccc(O)cc4)[C@@H]3O)O[C@@H]2C)[C@@H](O)[C@@H](O)[C@@H]1O. The molecular weight excluding hydrogens is 692 g/mol. The van der Waals surface area contributed by atoms with E-state index < -0.39 is 105 Å². The third-order valence-electron chi connectivity index (χ3n) is 9.11. The normalized spacial score (nSPS) is 38.3. The zero-order chi connectivity index (χ0) is 37.7. The average molecular weight is 739 g/mol. The summed E-state index contributed by atoms with van der Waals surface area (Å²) in [5.41, 5.74) is 1.40. The number of esters is 1. The van der Waals surface area contributed by atoms with Gasteiger partial charge >= 0.3 is 5.97 Å². The fourth-order valence-electron chi connectivity index (χ4n) is 6.00. The van der Waals surface area contributed by atoms with Gasteiger partial charge in [0.2, 0.25) is 0 Å². The summed E-state index contributed by atoms with van der Waals surface area (Å²) in [5.74, 6) is -0.664. The molecule has 0 aromatic heterocycles. The molecule has 15 atom stereocenters. The van der Waals surface area contributed by atoms with E-state index in [4.69, 9.17) is 33.2 Å². The third kappa shape index (κ3) is 9.63. The van der Waals surface area contributed by atoms with Crippen molar-refractivity contribution < 1.29 is 83.9 Å². The van der Waals surface area contributed by atoms with Crippen LogP contribution in [0, 0.1) is 0 Å². The van der Waals surface area contributed by atoms with Gasteiger partial charge in [0, 0.05) is 6.08 Å². The average Bonchev–Trinajstić information content (AvgIpc) is 3.12. The summed E-state index contributed by atoms with van der Waals surface area (Å²) in [5, 5.41) is 94.1. The second-order valence-corrected chi connectivity index (χ2v) is 12.9. The van der Waals surface area contributed by atoms with Crippen molar-refractivity contribution in [2.24, 2.45) is 0 Å². The van der Waals surface area contributed by atoms with Crippen LogP contribution in [-0.2, 0) is 44.4 Å². The van der Waals surface area contributed by atoms with Crippen LogP contribution in [0.5, 0.6) is 11.5 Å². The molecule has 0 saturated carbocycles. The van der Waals surface area contributed by atoms with Crippen LogP contribution in [0.3, 0.4) is 0 Å². The van der Waals surface area contributed by atoms with Gasteiger partial charge < -0.3 is 79.1 Å². The number of carbonyl (C=O) groups excluding carboxylic acids is 1. The largest absolute Gasteiger partial charge is 0.508 e. The Morgan fingerprint density at radius 2 is 1.23 bits per heavy atom. The zero-order valence-electron chi connectivity index (χ0n) is 28.3. The molecule has 0 amide bonds. The highest BCUT2D eigenvalue weighted by atomic mass is 16.8. The number of ether oxygens (including phenoxy) is 7. The van der Waals surface area contributed by atoms with Crippen molar-refractivity contribution in [2.75, 3.05) is 13.2 Å². The molecule has 2 aromatic carbocycles. The number of hydrogen-bond donors (Lipinski definition) is 9. The molecule has 3 aliphatic heterocycles. The molecule has 3 saturated heterocycles. The Kier molecular flexibility index (Phi) is 13.6. The summed E-state index contributed by atoms with van der Waals surface area (Å²) < 4.78 is 39.7. The fourth-order valence-corrected chi connectivity index (χ4v) is 6.00. The molecule has 3 fully saturated rings. The van der Waals surface area contributed by atoms with Crippen LogP contribution in [0.1, 0.15) is 25.0 Å². The minimum Gasteiger partial charge on any atom is -0.508 e. The first-order valence-electron chi connectivity index (χ1n) is 16.8. The number of aromatic hydroxyl groups is 2. The fraction of sp³-hybridized carbons (Fsp3) is 0.571. The van der Waals surface area contributed by atoms with Gasteiger partial charge in [0.15, 0.2) is 18.9 Å². The van der Waals surface area contributed by atoms with Gasteiger partial charge in [-0.1, -0.05) is 24.3 Å². The number of phenols is 2. The predicted octanol–water partition coefficient (Wildman–Crippen LogP) is -1.58. The first kappa shape index (κ1) is 39.9. The zero-order valence-corrected chi connectivity index (χ0v) is 28.3. The predicted molar refractivity (Wildman–Crippen MR) is 175 cm³/mol. The van der Waals surface area contributed by atoms with E-state index in [2.05, 4.69) is 0 Å². The monoisotopic (exact) mass is 738 g/mol. The molecule has 5 rings (SSSR count). The molecule has 0 aliphatic carbocycles. The summed E-state index contributed by atoms with van der Waals surface area (Å²) >= 11 is 0. The van der Waals surface area contributed by atoms with Crippen molar-refractivity contribution in [3.8, 4) is 11.5 Å². The minimum absolute atomic E-state index is 0.00788. The molecule has 9 N–H and O–H groups in total. The van der Waals surface area contributed by atoms with Crippen LogP contribution in [0.25, 0.3) is 6.08 Å². The molecule has 0 bridgehead atoms. The van der Waals surface area contributed by atoms with Crippen LogP contribution < -0.4 is 0 Å². The van der Waals surface area contributed by atoms with Crippen molar-refractivity contribution in [2.45, 2.75) is 112 Å². The number of carbonyl (C=O) groups is 1. The molecule has 2 aromatic rings. The van der Waals surface area contributed by atoms with Crippen molar-refractivity contribution in [1.82, 2.24) is 0 Å².